The van der Waals surface area contributed by atoms with Crippen molar-refractivity contribution in [3.63, 3.8) is 0 Å². The first-order chi connectivity index (χ1) is 12.0. The van der Waals surface area contributed by atoms with Gasteiger partial charge in [-0.2, -0.15) is 0 Å². The fourth-order valence-electron chi connectivity index (χ4n) is 1.67. The highest BCUT2D eigenvalue weighted by molar-refractivity contribution is 8.60. The van der Waals surface area contributed by atoms with E-state index in [0.29, 0.717) is 25.9 Å². The monoisotopic (exact) mass is 430 g/mol. The van der Waals surface area contributed by atoms with Crippen molar-refractivity contribution >= 4 is 41.7 Å². The van der Waals surface area contributed by atoms with Crippen LogP contribution < -0.4 is 0 Å². The molecule has 0 rings (SSSR count). The molecule has 7 nitrogen and oxygen atoms in total. The number of ether oxygens (including phenoxy) is 2. The molecule has 154 valence electrons. The quantitative estimate of drug-likeness (QED) is 0.197. The lowest BCUT2D eigenvalue weighted by Crippen LogP contribution is -2.37. The van der Waals surface area contributed by atoms with Crippen LogP contribution in [0, 0.1) is 0 Å². The second-order valence-corrected chi connectivity index (χ2v) is 12.2. The predicted octanol–water partition coefficient (Wildman–Crippen LogP) is 2.94. The maximum Gasteiger partial charge on any atom is 0.306 e. The Morgan fingerprint density at radius 1 is 1.04 bits per heavy atom. The minimum atomic E-state index is -2.77. The van der Waals surface area contributed by atoms with Gasteiger partial charge >= 0.3 is 11.9 Å². The van der Waals surface area contributed by atoms with E-state index in [1.54, 1.807) is 0 Å². The van der Waals surface area contributed by atoms with Crippen LogP contribution in [0.2, 0.25) is 0 Å². The molecule has 0 bridgehead atoms. The van der Waals surface area contributed by atoms with Gasteiger partial charge in [0.15, 0.2) is 6.10 Å². The second-order valence-electron chi connectivity index (χ2n) is 6.91. The van der Waals surface area contributed by atoms with Crippen LogP contribution in [0.1, 0.15) is 39.5 Å². The van der Waals surface area contributed by atoms with E-state index in [4.69, 9.17) is 30.3 Å². The Morgan fingerprint density at radius 2 is 1.62 bits per heavy atom. The van der Waals surface area contributed by atoms with Crippen molar-refractivity contribution < 1.29 is 32.6 Å². The molecule has 2 atom stereocenters. The molecule has 26 heavy (non-hydrogen) atoms. The third kappa shape index (κ3) is 14.9. The first-order valence-corrected chi connectivity index (χ1v) is 12.6. The lowest BCUT2D eigenvalue weighted by atomic mass is 10.3. The fourth-order valence-corrected chi connectivity index (χ4v) is 3.26. The zero-order valence-corrected chi connectivity index (χ0v) is 19.0. The van der Waals surface area contributed by atoms with Crippen LogP contribution >= 0.6 is 17.9 Å². The van der Waals surface area contributed by atoms with Gasteiger partial charge in [-0.25, -0.2) is 0 Å². The van der Waals surface area contributed by atoms with Gasteiger partial charge in [0.25, 0.3) is 0 Å². The van der Waals surface area contributed by atoms with Gasteiger partial charge in [-0.3, -0.25) is 9.59 Å². The molecule has 0 saturated carbocycles. The van der Waals surface area contributed by atoms with Crippen molar-refractivity contribution in [1.29, 1.82) is 0 Å². The molecule has 0 aromatic rings. The van der Waals surface area contributed by atoms with Gasteiger partial charge in [0.05, 0.1) is 27.7 Å². The van der Waals surface area contributed by atoms with Crippen LogP contribution in [0.4, 0.5) is 0 Å². The Balaban J connectivity index is 4.55. The Labute approximate surface area is 167 Å². The average Bonchev–Trinajstić information content (AvgIpc) is 2.49. The molecule has 0 aliphatic rings. The van der Waals surface area contributed by atoms with Crippen molar-refractivity contribution in [3.8, 4) is 0 Å². The molecule has 0 heterocycles. The van der Waals surface area contributed by atoms with Crippen LogP contribution in [0.5, 0.6) is 0 Å². The molecule has 0 saturated heterocycles. The van der Waals surface area contributed by atoms with Gasteiger partial charge in [-0.05, 0) is 24.6 Å². The highest BCUT2D eigenvalue weighted by atomic mass is 32.9. The maximum absolute atomic E-state index is 11.7. The molecule has 0 spiro atoms. The number of nitrogens with zero attached hydrogens (tertiary/aromatic N) is 1. The molecule has 0 aromatic heterocycles. The van der Waals surface area contributed by atoms with Gasteiger partial charge < -0.3 is 23.0 Å². The third-order valence-electron chi connectivity index (χ3n) is 3.08. The highest BCUT2D eigenvalue weighted by Crippen LogP contribution is 2.53. The largest absolute Gasteiger partial charge is 0.462 e. The fraction of sp³-hybridized carbons (Fsp3) is 0.875. The summed E-state index contributed by atoms with van der Waals surface area (Å²) in [4.78, 5) is 23.3. The molecule has 2 unspecified atom stereocenters. The SMILES string of the molecule is CCCC(=O)OCC(COP(=S)(S)OCC[N+](C)(C)C)OC(=O)CCC. The smallest absolute Gasteiger partial charge is 0.306 e. The van der Waals surface area contributed by atoms with E-state index in [2.05, 4.69) is 12.2 Å². The van der Waals surface area contributed by atoms with Crippen molar-refractivity contribution in [2.45, 2.75) is 45.6 Å². The van der Waals surface area contributed by atoms with Gasteiger partial charge in [-0.1, -0.05) is 26.1 Å². The molecule has 0 fully saturated rings. The summed E-state index contributed by atoms with van der Waals surface area (Å²) in [6.07, 6.45) is 1.23. The van der Waals surface area contributed by atoms with E-state index in [9.17, 15) is 9.59 Å². The van der Waals surface area contributed by atoms with Crippen LogP contribution in [0.25, 0.3) is 0 Å². The normalized spacial score (nSPS) is 15.2. The van der Waals surface area contributed by atoms with Gasteiger partial charge in [0.1, 0.15) is 19.8 Å². The Hall–Kier alpha value is -0.180. The lowest BCUT2D eigenvalue weighted by Gasteiger charge is -2.26. The van der Waals surface area contributed by atoms with Crippen molar-refractivity contribution in [1.82, 2.24) is 0 Å². The molecular formula is C16H33NO6PS2+. The van der Waals surface area contributed by atoms with Crippen molar-refractivity contribution in [3.05, 3.63) is 0 Å². The Morgan fingerprint density at radius 3 is 2.15 bits per heavy atom. The molecular weight excluding hydrogens is 397 g/mol. The topological polar surface area (TPSA) is 71.1 Å². The van der Waals surface area contributed by atoms with Gasteiger partial charge in [0, 0.05) is 12.8 Å². The summed E-state index contributed by atoms with van der Waals surface area (Å²) in [7, 11) is 6.13. The number of rotatable bonds is 14. The number of esters is 2. The number of carbonyl (C=O) groups excluding carboxylic acids is 2. The van der Waals surface area contributed by atoms with Crippen LogP contribution in [-0.4, -0.2) is 70.0 Å². The van der Waals surface area contributed by atoms with Crippen molar-refractivity contribution in [2.75, 3.05) is 47.5 Å². The van der Waals surface area contributed by atoms with E-state index in [-0.39, 0.29) is 31.6 Å². The van der Waals surface area contributed by atoms with E-state index in [1.807, 2.05) is 35.0 Å². The Kier molecular flexibility index (Phi) is 13.0. The summed E-state index contributed by atoms with van der Waals surface area (Å²) in [6.45, 7) is 4.83. The van der Waals surface area contributed by atoms with Crippen LogP contribution in [0.3, 0.4) is 0 Å². The van der Waals surface area contributed by atoms with Gasteiger partial charge in [-0.15, -0.1) is 0 Å². The minimum absolute atomic E-state index is 0.0278. The number of thiol groups is 1. The zero-order valence-electron chi connectivity index (χ0n) is 16.4. The molecule has 0 aliphatic heterocycles. The molecule has 0 N–H and O–H groups in total. The number of likely N-dealkylation sites (N-methyl/N-ethyl adjacent to an activating group) is 1. The summed E-state index contributed by atoms with van der Waals surface area (Å²) in [5.41, 5.74) is -2.77. The maximum atomic E-state index is 11.7. The summed E-state index contributed by atoms with van der Waals surface area (Å²) < 4.78 is 22.3. The number of hydrogen-bond acceptors (Lipinski definition) is 7. The number of hydrogen-bond donors (Lipinski definition) is 1. The molecule has 10 heteroatoms. The summed E-state index contributed by atoms with van der Waals surface area (Å²) in [6, 6.07) is 0. The number of quaternary nitrogens is 1. The van der Waals surface area contributed by atoms with E-state index < -0.39 is 11.8 Å². The predicted molar refractivity (Wildman–Crippen MR) is 109 cm³/mol. The van der Waals surface area contributed by atoms with E-state index in [1.165, 1.54) is 0 Å². The van der Waals surface area contributed by atoms with Crippen molar-refractivity contribution in [2.24, 2.45) is 0 Å². The molecule has 0 radical (unpaired) electrons. The Bertz CT molecular complexity index is 484. The van der Waals surface area contributed by atoms with Crippen LogP contribution in [-0.2, 0) is 39.9 Å². The van der Waals surface area contributed by atoms with E-state index >= 15 is 0 Å². The standard InChI is InChI=1S/C16H32NO6PS2/c1-6-8-15(18)20-12-14(23-16(19)9-7-2)13-22-24(25,26)21-11-10-17(3,4)5/h14H,6-13H2,1-5H3/p+1. The summed E-state index contributed by atoms with van der Waals surface area (Å²) in [5.74, 6) is -0.709. The summed E-state index contributed by atoms with van der Waals surface area (Å²) >= 11 is 9.56. The summed E-state index contributed by atoms with van der Waals surface area (Å²) in [5, 5.41) is 0. The zero-order chi connectivity index (χ0) is 20.2. The first kappa shape index (κ1) is 25.8. The first-order valence-electron chi connectivity index (χ1n) is 8.76. The second kappa shape index (κ2) is 13.1. The third-order valence-corrected chi connectivity index (χ3v) is 5.39. The lowest BCUT2D eigenvalue weighted by molar-refractivity contribution is -0.870. The van der Waals surface area contributed by atoms with E-state index in [0.717, 1.165) is 11.0 Å². The number of carbonyl (C=O) groups is 2. The average molecular weight is 431 g/mol. The van der Waals surface area contributed by atoms with Gasteiger partial charge in [0.2, 0.25) is 5.69 Å². The van der Waals surface area contributed by atoms with Crippen LogP contribution in [0.15, 0.2) is 0 Å². The molecule has 0 aliphatic carbocycles. The highest BCUT2D eigenvalue weighted by Gasteiger charge is 2.22. The molecule has 0 amide bonds. The minimum Gasteiger partial charge on any atom is -0.462 e. The molecule has 0 aromatic carbocycles.